The van der Waals surface area contributed by atoms with Crippen LogP contribution in [0.1, 0.15) is 5.56 Å². The van der Waals surface area contributed by atoms with Crippen LogP contribution in [0, 0.1) is 0 Å². The monoisotopic (exact) mass is 364 g/mol. The van der Waals surface area contributed by atoms with Crippen molar-refractivity contribution in [3.63, 3.8) is 0 Å². The van der Waals surface area contributed by atoms with Crippen molar-refractivity contribution in [2.45, 2.75) is 13.2 Å². The minimum atomic E-state index is -2.81. The molecular weight excluding hydrogens is 346 g/mol. The molecule has 2 rings (SSSR count). The third-order valence-corrected chi connectivity index (χ3v) is 3.76. The van der Waals surface area contributed by atoms with Gasteiger partial charge in [0.2, 0.25) is 0 Å². The lowest BCUT2D eigenvalue weighted by Crippen LogP contribution is -2.40. The summed E-state index contributed by atoms with van der Waals surface area (Å²) in [5.41, 5.74) is 0.714. The maximum absolute atomic E-state index is 12.4. The highest BCUT2D eigenvalue weighted by atomic mass is 79.9. The van der Waals surface area contributed by atoms with Crippen LogP contribution in [0.2, 0.25) is 0 Å². The van der Waals surface area contributed by atoms with E-state index in [1.165, 1.54) is 0 Å². The second kappa shape index (κ2) is 8.63. The van der Waals surface area contributed by atoms with Gasteiger partial charge in [0.15, 0.2) is 0 Å². The Morgan fingerprint density at radius 3 is 2.81 bits per heavy atom. The molecule has 1 saturated heterocycles. The summed E-state index contributed by atoms with van der Waals surface area (Å²) in [7, 11) is 0. The van der Waals surface area contributed by atoms with E-state index in [0.717, 1.165) is 43.9 Å². The van der Waals surface area contributed by atoms with Gasteiger partial charge >= 0.3 is 6.61 Å². The van der Waals surface area contributed by atoms with Crippen LogP contribution < -0.4 is 10.1 Å². The minimum absolute atomic E-state index is 0.215. The van der Waals surface area contributed by atoms with Crippen LogP contribution in [0.3, 0.4) is 0 Å². The van der Waals surface area contributed by atoms with E-state index in [9.17, 15) is 8.78 Å². The molecule has 4 nitrogen and oxygen atoms in total. The molecule has 1 aliphatic rings. The third kappa shape index (κ3) is 5.86. The van der Waals surface area contributed by atoms with Crippen molar-refractivity contribution in [2.75, 3.05) is 39.4 Å². The fraction of sp³-hybridized carbons (Fsp3) is 0.571. The molecule has 0 aliphatic carbocycles. The van der Waals surface area contributed by atoms with E-state index in [2.05, 4.69) is 30.9 Å². The van der Waals surface area contributed by atoms with E-state index in [1.807, 2.05) is 0 Å². The Kier molecular flexibility index (Phi) is 6.82. The van der Waals surface area contributed by atoms with Gasteiger partial charge in [-0.25, -0.2) is 0 Å². The van der Waals surface area contributed by atoms with E-state index < -0.39 is 6.61 Å². The van der Waals surface area contributed by atoms with Gasteiger partial charge in [-0.2, -0.15) is 8.78 Å². The van der Waals surface area contributed by atoms with Crippen LogP contribution in [0.4, 0.5) is 8.78 Å². The largest absolute Gasteiger partial charge is 0.434 e. The van der Waals surface area contributed by atoms with Gasteiger partial charge in [0, 0.05) is 42.8 Å². The molecular formula is C14H19BrF2N2O2. The molecule has 1 N–H and O–H groups in total. The summed E-state index contributed by atoms with van der Waals surface area (Å²) >= 11 is 3.34. The first-order chi connectivity index (χ1) is 10.1. The molecule has 0 spiro atoms. The summed E-state index contributed by atoms with van der Waals surface area (Å²) in [6.07, 6.45) is 0. The predicted molar refractivity (Wildman–Crippen MR) is 79.7 cm³/mol. The van der Waals surface area contributed by atoms with Gasteiger partial charge in [-0.05, 0) is 18.2 Å². The summed E-state index contributed by atoms with van der Waals surface area (Å²) in [4.78, 5) is 2.31. The van der Waals surface area contributed by atoms with Gasteiger partial charge in [-0.1, -0.05) is 15.9 Å². The number of hydrogen-bond donors (Lipinski definition) is 1. The van der Waals surface area contributed by atoms with Crippen molar-refractivity contribution in [1.82, 2.24) is 10.2 Å². The van der Waals surface area contributed by atoms with E-state index in [1.54, 1.807) is 18.2 Å². The average Bonchev–Trinajstić information content (AvgIpc) is 2.47. The predicted octanol–water partition coefficient (Wildman–Crippen LogP) is 2.47. The van der Waals surface area contributed by atoms with Crippen LogP contribution in [-0.4, -0.2) is 50.9 Å². The number of nitrogens with zero attached hydrogens (tertiary/aromatic N) is 1. The fourth-order valence-electron chi connectivity index (χ4n) is 2.18. The number of alkyl halides is 2. The minimum Gasteiger partial charge on any atom is -0.434 e. The number of ether oxygens (including phenoxy) is 2. The van der Waals surface area contributed by atoms with E-state index in [-0.39, 0.29) is 5.75 Å². The summed E-state index contributed by atoms with van der Waals surface area (Å²) in [5, 5.41) is 3.26. The molecule has 0 amide bonds. The number of nitrogens with one attached hydrogen (secondary N) is 1. The highest BCUT2D eigenvalue weighted by molar-refractivity contribution is 9.10. The molecule has 7 heteroatoms. The molecule has 0 unspecified atom stereocenters. The molecule has 0 bridgehead atoms. The highest BCUT2D eigenvalue weighted by Gasteiger charge is 2.11. The summed E-state index contributed by atoms with van der Waals surface area (Å²) in [6.45, 7) is 2.83. The van der Waals surface area contributed by atoms with Crippen molar-refractivity contribution in [1.29, 1.82) is 0 Å². The Morgan fingerprint density at radius 2 is 2.10 bits per heavy atom. The smallest absolute Gasteiger partial charge is 0.387 e. The summed E-state index contributed by atoms with van der Waals surface area (Å²) < 4.78 is 35.4. The second-order valence-electron chi connectivity index (χ2n) is 4.76. The molecule has 21 heavy (non-hydrogen) atoms. The molecule has 1 heterocycles. The molecule has 1 aromatic rings. The molecule has 0 saturated carbocycles. The van der Waals surface area contributed by atoms with Gasteiger partial charge in [0.25, 0.3) is 0 Å². The highest BCUT2D eigenvalue weighted by Crippen LogP contribution is 2.24. The second-order valence-corrected chi connectivity index (χ2v) is 5.68. The average molecular weight is 365 g/mol. The van der Waals surface area contributed by atoms with Gasteiger partial charge < -0.3 is 14.8 Å². The Hall–Kier alpha value is -0.760. The fourth-order valence-corrected chi connectivity index (χ4v) is 2.59. The number of benzene rings is 1. The van der Waals surface area contributed by atoms with Crippen molar-refractivity contribution in [3.8, 4) is 5.75 Å². The first-order valence-corrected chi connectivity index (χ1v) is 7.68. The van der Waals surface area contributed by atoms with E-state index in [4.69, 9.17) is 4.74 Å². The van der Waals surface area contributed by atoms with Gasteiger partial charge in [0.05, 0.1) is 13.2 Å². The molecule has 1 aromatic carbocycles. The molecule has 1 aliphatic heterocycles. The van der Waals surface area contributed by atoms with Gasteiger partial charge in [-0.15, -0.1) is 0 Å². The Labute approximate surface area is 131 Å². The van der Waals surface area contributed by atoms with Gasteiger partial charge in [-0.3, -0.25) is 4.90 Å². The van der Waals surface area contributed by atoms with Crippen LogP contribution in [0.15, 0.2) is 22.7 Å². The molecule has 0 aromatic heterocycles. The van der Waals surface area contributed by atoms with Crippen molar-refractivity contribution >= 4 is 15.9 Å². The lowest BCUT2D eigenvalue weighted by atomic mass is 10.2. The molecule has 0 radical (unpaired) electrons. The third-order valence-electron chi connectivity index (χ3n) is 3.26. The van der Waals surface area contributed by atoms with Crippen molar-refractivity contribution in [2.24, 2.45) is 0 Å². The lowest BCUT2D eigenvalue weighted by Gasteiger charge is -2.26. The lowest BCUT2D eigenvalue weighted by molar-refractivity contribution is -0.0505. The van der Waals surface area contributed by atoms with Gasteiger partial charge in [0.1, 0.15) is 5.75 Å². The van der Waals surface area contributed by atoms with Crippen LogP contribution >= 0.6 is 15.9 Å². The first kappa shape index (κ1) is 16.6. The Morgan fingerprint density at radius 1 is 1.33 bits per heavy atom. The topological polar surface area (TPSA) is 33.7 Å². The van der Waals surface area contributed by atoms with Crippen LogP contribution in [0.25, 0.3) is 0 Å². The summed E-state index contributed by atoms with van der Waals surface area (Å²) in [5.74, 6) is 0.215. The van der Waals surface area contributed by atoms with Crippen LogP contribution in [0.5, 0.6) is 5.75 Å². The SMILES string of the molecule is FC(F)Oc1ccc(Br)cc1CNCCN1CCOCC1. The van der Waals surface area contributed by atoms with E-state index in [0.29, 0.717) is 12.1 Å². The number of halogens is 3. The summed E-state index contributed by atoms with van der Waals surface area (Å²) in [6, 6.07) is 5.03. The standard InChI is InChI=1S/C14H19BrF2N2O2/c15-12-1-2-13(21-14(16)17)11(9-12)10-18-3-4-19-5-7-20-8-6-19/h1-2,9,14,18H,3-8,10H2. The Balaban J connectivity index is 1.79. The quantitative estimate of drug-likeness (QED) is 0.753. The molecule has 118 valence electrons. The molecule has 0 atom stereocenters. The number of hydrogen-bond acceptors (Lipinski definition) is 4. The molecule has 1 fully saturated rings. The zero-order valence-electron chi connectivity index (χ0n) is 11.7. The maximum atomic E-state index is 12.4. The van der Waals surface area contributed by atoms with E-state index >= 15 is 0 Å². The number of rotatable bonds is 7. The zero-order chi connectivity index (χ0) is 15.1. The maximum Gasteiger partial charge on any atom is 0.387 e. The number of morpholine rings is 1. The first-order valence-electron chi connectivity index (χ1n) is 6.89. The van der Waals surface area contributed by atoms with Crippen molar-refractivity contribution in [3.05, 3.63) is 28.2 Å². The zero-order valence-corrected chi connectivity index (χ0v) is 13.2. The van der Waals surface area contributed by atoms with Crippen molar-refractivity contribution < 1.29 is 18.3 Å². The Bertz CT molecular complexity index is 443. The normalized spacial score (nSPS) is 16.4. The van der Waals surface area contributed by atoms with Crippen LogP contribution in [-0.2, 0) is 11.3 Å².